The molecule has 1 saturated heterocycles. The number of aromatic nitrogens is 1. The molecule has 3 aromatic rings. The molecule has 0 atom stereocenters. The van der Waals surface area contributed by atoms with Crippen LogP contribution in [0.25, 0.3) is 10.9 Å². The van der Waals surface area contributed by atoms with Gasteiger partial charge in [0.25, 0.3) is 5.91 Å². The van der Waals surface area contributed by atoms with Crippen LogP contribution in [-0.2, 0) is 6.54 Å². The first-order chi connectivity index (χ1) is 16.4. The normalized spacial score (nSPS) is 14.8. The summed E-state index contributed by atoms with van der Waals surface area (Å²) in [6.45, 7) is 3.12. The van der Waals surface area contributed by atoms with Crippen LogP contribution in [0.1, 0.15) is 28.8 Å². The second-order valence-corrected chi connectivity index (χ2v) is 8.79. The van der Waals surface area contributed by atoms with E-state index in [9.17, 15) is 9.59 Å². The van der Waals surface area contributed by atoms with Crippen LogP contribution in [0.4, 0.5) is 0 Å². The van der Waals surface area contributed by atoms with Crippen molar-refractivity contribution in [2.24, 2.45) is 11.7 Å². The average molecular weight is 466 g/mol. The Morgan fingerprint density at radius 2 is 1.76 bits per heavy atom. The Labute approximate surface area is 198 Å². The Balaban J connectivity index is 1.74. The van der Waals surface area contributed by atoms with Crippen molar-refractivity contribution in [3.05, 3.63) is 63.9 Å². The Morgan fingerprint density at radius 3 is 2.38 bits per heavy atom. The number of carbonyl (C=O) groups is 1. The Kier molecular flexibility index (Phi) is 7.07. The lowest BCUT2D eigenvalue weighted by Crippen LogP contribution is -2.32. The summed E-state index contributed by atoms with van der Waals surface area (Å²) in [4.78, 5) is 27.4. The summed E-state index contributed by atoms with van der Waals surface area (Å²) in [5.41, 5.74) is 6.65. The van der Waals surface area contributed by atoms with E-state index in [1.807, 2.05) is 34.9 Å². The highest BCUT2D eigenvalue weighted by Gasteiger charge is 2.20. The fourth-order valence-electron chi connectivity index (χ4n) is 4.34. The SMILES string of the molecule is COc1ccc(Cn2cc(C(N)=O)c(=O)c3cc(OC)c(OCC4CCN(C)CC4)cc32)cc1. The molecule has 0 unspecified atom stereocenters. The molecule has 1 fully saturated rings. The van der Waals surface area contributed by atoms with Crippen LogP contribution in [0.5, 0.6) is 17.2 Å². The number of amides is 1. The zero-order chi connectivity index (χ0) is 24.2. The fraction of sp³-hybridized carbons (Fsp3) is 0.385. The molecule has 1 aliphatic heterocycles. The summed E-state index contributed by atoms with van der Waals surface area (Å²) in [5, 5.41) is 0.355. The maximum absolute atomic E-state index is 13.0. The van der Waals surface area contributed by atoms with E-state index in [4.69, 9.17) is 19.9 Å². The molecule has 4 rings (SSSR count). The molecule has 0 bridgehead atoms. The molecule has 1 aromatic heterocycles. The Hall–Kier alpha value is -3.52. The molecule has 2 heterocycles. The second-order valence-electron chi connectivity index (χ2n) is 8.79. The highest BCUT2D eigenvalue weighted by molar-refractivity contribution is 5.96. The van der Waals surface area contributed by atoms with Gasteiger partial charge in [0.1, 0.15) is 11.3 Å². The van der Waals surface area contributed by atoms with E-state index in [1.54, 1.807) is 13.2 Å². The van der Waals surface area contributed by atoms with E-state index in [0.29, 0.717) is 41.5 Å². The second kappa shape index (κ2) is 10.2. The standard InChI is InChI=1S/C26H31N3O5/c1-28-10-8-18(9-11-28)16-34-24-13-22-20(12-23(24)33-3)25(30)21(26(27)31)15-29(22)14-17-4-6-19(32-2)7-5-17/h4-7,12-13,15,18H,8-11,14,16H2,1-3H3,(H2,27,31). The smallest absolute Gasteiger partial charge is 0.254 e. The van der Waals surface area contributed by atoms with Crippen molar-refractivity contribution in [1.82, 2.24) is 9.47 Å². The number of methoxy groups -OCH3 is 2. The van der Waals surface area contributed by atoms with Crippen LogP contribution in [0.3, 0.4) is 0 Å². The van der Waals surface area contributed by atoms with Gasteiger partial charge in [0, 0.05) is 18.8 Å². The van der Waals surface area contributed by atoms with E-state index in [-0.39, 0.29) is 5.56 Å². The lowest BCUT2D eigenvalue weighted by molar-refractivity contribution is 0.0998. The zero-order valence-corrected chi connectivity index (χ0v) is 19.9. The summed E-state index contributed by atoms with van der Waals surface area (Å²) in [6.07, 6.45) is 3.68. The number of nitrogens with two attached hydrogens (primary N) is 1. The first-order valence-corrected chi connectivity index (χ1v) is 11.4. The quantitative estimate of drug-likeness (QED) is 0.550. The molecule has 34 heavy (non-hydrogen) atoms. The summed E-state index contributed by atoms with van der Waals surface area (Å²) in [5.74, 6) is 1.48. The third-order valence-electron chi connectivity index (χ3n) is 6.46. The molecule has 2 aromatic carbocycles. The molecule has 0 spiro atoms. The van der Waals surface area contributed by atoms with Gasteiger partial charge < -0.3 is 29.4 Å². The number of piperidine rings is 1. The number of carbonyl (C=O) groups excluding carboxylic acids is 1. The van der Waals surface area contributed by atoms with E-state index in [1.165, 1.54) is 13.3 Å². The van der Waals surface area contributed by atoms with Gasteiger partial charge >= 0.3 is 0 Å². The number of rotatable bonds is 8. The number of primary amides is 1. The summed E-state index contributed by atoms with van der Waals surface area (Å²) in [7, 11) is 5.28. The monoisotopic (exact) mass is 465 g/mol. The average Bonchev–Trinajstić information content (AvgIpc) is 2.85. The minimum atomic E-state index is -0.767. The summed E-state index contributed by atoms with van der Waals surface area (Å²) < 4.78 is 18.8. The first kappa shape index (κ1) is 23.6. The number of nitrogens with zero attached hydrogens (tertiary/aromatic N) is 2. The number of likely N-dealkylation sites (tertiary alicyclic amines) is 1. The molecule has 8 nitrogen and oxygen atoms in total. The Bertz CT molecular complexity index is 1230. The molecule has 2 N–H and O–H groups in total. The van der Waals surface area contributed by atoms with Crippen molar-refractivity contribution >= 4 is 16.8 Å². The van der Waals surface area contributed by atoms with Crippen molar-refractivity contribution in [2.75, 3.05) is 41.0 Å². The van der Waals surface area contributed by atoms with Gasteiger partial charge in [0.2, 0.25) is 5.43 Å². The van der Waals surface area contributed by atoms with Crippen molar-refractivity contribution in [2.45, 2.75) is 19.4 Å². The fourth-order valence-corrected chi connectivity index (χ4v) is 4.34. The molecular weight excluding hydrogens is 434 g/mol. The maximum atomic E-state index is 13.0. The zero-order valence-electron chi connectivity index (χ0n) is 19.9. The van der Waals surface area contributed by atoms with Gasteiger partial charge in [-0.05, 0) is 62.7 Å². The lowest BCUT2D eigenvalue weighted by atomic mass is 9.98. The molecule has 1 amide bonds. The van der Waals surface area contributed by atoms with Crippen LogP contribution in [-0.4, -0.2) is 56.3 Å². The van der Waals surface area contributed by atoms with Gasteiger partial charge in [-0.15, -0.1) is 0 Å². The lowest BCUT2D eigenvalue weighted by Gasteiger charge is -2.29. The minimum Gasteiger partial charge on any atom is -0.497 e. The number of fused-ring (bicyclic) bond motifs is 1. The van der Waals surface area contributed by atoms with Gasteiger partial charge in [-0.1, -0.05) is 12.1 Å². The third-order valence-corrected chi connectivity index (χ3v) is 6.46. The molecule has 180 valence electrons. The van der Waals surface area contributed by atoms with Crippen LogP contribution >= 0.6 is 0 Å². The van der Waals surface area contributed by atoms with Gasteiger partial charge in [-0.2, -0.15) is 0 Å². The van der Waals surface area contributed by atoms with E-state index >= 15 is 0 Å². The molecule has 0 saturated carbocycles. The Morgan fingerprint density at radius 1 is 1.06 bits per heavy atom. The van der Waals surface area contributed by atoms with Crippen molar-refractivity contribution in [3.8, 4) is 17.2 Å². The summed E-state index contributed by atoms with van der Waals surface area (Å²) in [6, 6.07) is 11.1. The topological polar surface area (TPSA) is 96.0 Å². The largest absolute Gasteiger partial charge is 0.497 e. The van der Waals surface area contributed by atoms with Crippen molar-refractivity contribution in [3.63, 3.8) is 0 Å². The molecule has 0 radical (unpaired) electrons. The van der Waals surface area contributed by atoms with Crippen LogP contribution in [0, 0.1) is 5.92 Å². The first-order valence-electron chi connectivity index (χ1n) is 11.4. The highest BCUT2D eigenvalue weighted by Crippen LogP contribution is 2.33. The minimum absolute atomic E-state index is 0.0666. The van der Waals surface area contributed by atoms with Gasteiger partial charge in [0.15, 0.2) is 11.5 Å². The number of hydrogen-bond donors (Lipinski definition) is 1. The predicted octanol–water partition coefficient (Wildman–Crippen LogP) is 2.89. The van der Waals surface area contributed by atoms with E-state index in [0.717, 1.165) is 37.2 Å². The van der Waals surface area contributed by atoms with Crippen molar-refractivity contribution in [1.29, 1.82) is 0 Å². The van der Waals surface area contributed by atoms with Crippen LogP contribution in [0.2, 0.25) is 0 Å². The van der Waals surface area contributed by atoms with Gasteiger partial charge in [-0.3, -0.25) is 9.59 Å². The molecular formula is C26H31N3O5. The van der Waals surface area contributed by atoms with Gasteiger partial charge in [-0.25, -0.2) is 0 Å². The number of pyridine rings is 1. The molecule has 8 heteroatoms. The van der Waals surface area contributed by atoms with Crippen molar-refractivity contribution < 1.29 is 19.0 Å². The third kappa shape index (κ3) is 5.02. The summed E-state index contributed by atoms with van der Waals surface area (Å²) >= 11 is 0. The number of ether oxygens (including phenoxy) is 3. The van der Waals surface area contributed by atoms with E-state index in [2.05, 4.69) is 11.9 Å². The van der Waals surface area contributed by atoms with Crippen LogP contribution < -0.4 is 25.4 Å². The highest BCUT2D eigenvalue weighted by atomic mass is 16.5. The number of benzene rings is 2. The van der Waals surface area contributed by atoms with Crippen LogP contribution in [0.15, 0.2) is 47.4 Å². The molecule has 0 aliphatic carbocycles. The molecule has 1 aliphatic rings. The van der Waals surface area contributed by atoms with Gasteiger partial charge in [0.05, 0.1) is 31.7 Å². The predicted molar refractivity (Wildman–Crippen MR) is 131 cm³/mol. The number of hydrogen-bond acceptors (Lipinski definition) is 6. The maximum Gasteiger partial charge on any atom is 0.254 e. The van der Waals surface area contributed by atoms with E-state index < -0.39 is 11.3 Å².